The third-order valence-corrected chi connectivity index (χ3v) is 26.0. The van der Waals surface area contributed by atoms with Gasteiger partial charge in [-0.05, 0) is 168 Å². The highest BCUT2D eigenvalue weighted by Crippen LogP contribution is 2.71. The second-order valence-corrected chi connectivity index (χ2v) is 38.0. The number of fused-ring (bicyclic) bond motifs is 5. The molecule has 9 heteroatoms. The molecule has 49 heavy (non-hydrogen) atoms. The summed E-state index contributed by atoms with van der Waals surface area (Å²) in [6, 6.07) is 4.46. The van der Waals surface area contributed by atoms with Gasteiger partial charge in [-0.3, -0.25) is 4.79 Å². The summed E-state index contributed by atoms with van der Waals surface area (Å²) in [5.41, 5.74) is 0.183. The van der Waals surface area contributed by atoms with Gasteiger partial charge in [0, 0.05) is 18.9 Å². The average molecular weight is 753 g/mol. The minimum absolute atomic E-state index is 0.0285. The molecule has 4 aliphatic rings. The minimum atomic E-state index is -1.89. The maximum Gasteiger partial charge on any atom is 0.292 e. The van der Waals surface area contributed by atoms with Gasteiger partial charge in [-0.2, -0.15) is 0 Å². The predicted octanol–water partition coefficient (Wildman–Crippen LogP) is 12.0. The summed E-state index contributed by atoms with van der Waals surface area (Å²) >= 11 is 0. The van der Waals surface area contributed by atoms with Gasteiger partial charge in [-0.25, -0.2) is 0 Å². The van der Waals surface area contributed by atoms with E-state index in [1.807, 2.05) is 0 Å². The SMILES string of the molecule is CC[Si](C)(C)OC(=O)CCC(C)C1CCC2C3CC[C@]4(O[Si](C)(C)CC)C[C@H](O[Si](C)(C)CC)CCC4(C)C3C[C@H](O[Si](C)(C)CC)C12C. The molecule has 0 aliphatic heterocycles. The first-order valence-electron chi connectivity index (χ1n) is 20.8. The van der Waals surface area contributed by atoms with Crippen molar-refractivity contribution in [2.24, 2.45) is 40.4 Å². The van der Waals surface area contributed by atoms with Crippen LogP contribution in [-0.4, -0.2) is 57.0 Å². The first-order chi connectivity index (χ1) is 22.5. The van der Waals surface area contributed by atoms with Crippen LogP contribution in [0.4, 0.5) is 0 Å². The first-order valence-corrected chi connectivity index (χ1v) is 33.3. The lowest BCUT2D eigenvalue weighted by Gasteiger charge is -2.68. The van der Waals surface area contributed by atoms with Crippen LogP contribution < -0.4 is 0 Å². The maximum atomic E-state index is 13.0. The highest BCUT2D eigenvalue weighted by molar-refractivity contribution is 6.72. The molecule has 0 heterocycles. The van der Waals surface area contributed by atoms with E-state index >= 15 is 0 Å². The molecule has 0 aromatic carbocycles. The van der Waals surface area contributed by atoms with Gasteiger partial charge < -0.3 is 17.7 Å². The molecule has 5 nitrogen and oxygen atoms in total. The Morgan fingerprint density at radius 2 is 1.33 bits per heavy atom. The number of hydrogen-bond acceptors (Lipinski definition) is 5. The Kier molecular flexibility index (Phi) is 13.0. The zero-order valence-corrected chi connectivity index (χ0v) is 39.0. The Morgan fingerprint density at radius 1 is 0.735 bits per heavy atom. The van der Waals surface area contributed by atoms with E-state index in [0.717, 1.165) is 36.9 Å². The molecular weight excluding hydrogens is 673 g/mol. The first kappa shape index (κ1) is 42.0. The molecular formula is C40H80O5Si4. The van der Waals surface area contributed by atoms with E-state index < -0.39 is 33.3 Å². The van der Waals surface area contributed by atoms with Gasteiger partial charge >= 0.3 is 0 Å². The fourth-order valence-corrected chi connectivity index (χ4v) is 16.2. The van der Waals surface area contributed by atoms with Crippen LogP contribution in [0.15, 0.2) is 0 Å². The predicted molar refractivity (Wildman–Crippen MR) is 217 cm³/mol. The van der Waals surface area contributed by atoms with Crippen molar-refractivity contribution in [2.75, 3.05) is 0 Å². The van der Waals surface area contributed by atoms with E-state index in [2.05, 4.69) is 101 Å². The second-order valence-electron chi connectivity index (χ2n) is 20.2. The molecule has 4 rings (SSSR count). The zero-order valence-electron chi connectivity index (χ0n) is 35.0. The molecule has 0 spiro atoms. The molecule has 4 saturated carbocycles. The van der Waals surface area contributed by atoms with Gasteiger partial charge in [0.2, 0.25) is 8.32 Å². The van der Waals surface area contributed by atoms with Gasteiger partial charge in [0.05, 0.1) is 11.7 Å². The fourth-order valence-electron chi connectivity index (χ4n) is 11.2. The molecule has 0 aromatic heterocycles. The summed E-state index contributed by atoms with van der Waals surface area (Å²) in [5.74, 6) is 3.12. The van der Waals surface area contributed by atoms with Gasteiger partial charge in [-0.1, -0.05) is 48.5 Å². The lowest BCUT2D eigenvalue weighted by atomic mass is 9.42. The lowest BCUT2D eigenvalue weighted by molar-refractivity contribution is -0.227. The van der Waals surface area contributed by atoms with E-state index in [0.29, 0.717) is 36.2 Å². The van der Waals surface area contributed by atoms with Crippen molar-refractivity contribution >= 4 is 39.2 Å². The fraction of sp³-hybridized carbons (Fsp3) is 0.975. The number of hydrogen-bond donors (Lipinski definition) is 0. The van der Waals surface area contributed by atoms with Crippen LogP contribution in [0.1, 0.15) is 113 Å². The van der Waals surface area contributed by atoms with Crippen LogP contribution in [-0.2, 0) is 22.5 Å². The Morgan fingerprint density at radius 3 is 1.92 bits per heavy atom. The molecule has 4 aliphatic carbocycles. The standard InChI is InChI=1S/C40H80O5Si4/c1-16-46(8,9)42-31-24-26-38(6)35-28-36(43-47(10,11)17-2)39(7)33(30(5)20-23-37(41)44-48(12,13)18-3)21-22-34(39)32(35)25-27-40(38,29-31)45-49(14,15)19-4/h30-36H,16-29H2,1-15H3/t30?,31-,32?,33?,34?,35?,36+,38?,39?,40+/m1/s1. The molecule has 7 unspecified atom stereocenters. The van der Waals surface area contributed by atoms with Crippen molar-refractivity contribution in [3.8, 4) is 0 Å². The maximum absolute atomic E-state index is 13.0. The molecule has 0 N–H and O–H groups in total. The number of carbonyl (C=O) groups excluding carboxylic acids is 1. The largest absolute Gasteiger partial charge is 0.520 e. The Balaban J connectivity index is 1.68. The summed E-state index contributed by atoms with van der Waals surface area (Å²) in [6.07, 6.45) is 11.8. The molecule has 0 saturated heterocycles. The molecule has 0 aromatic rings. The number of rotatable bonds is 15. The van der Waals surface area contributed by atoms with Gasteiger partial charge in [0.15, 0.2) is 25.0 Å². The third-order valence-electron chi connectivity index (χ3n) is 15.6. The number of carbonyl (C=O) groups is 1. The molecule has 4 fully saturated rings. The van der Waals surface area contributed by atoms with Gasteiger partial charge in [-0.15, -0.1) is 0 Å². The summed E-state index contributed by atoms with van der Waals surface area (Å²) in [5, 5.41) is 0. The molecule has 0 bridgehead atoms. The highest BCUT2D eigenvalue weighted by atomic mass is 28.4. The highest BCUT2D eigenvalue weighted by Gasteiger charge is 2.69. The second kappa shape index (κ2) is 15.2. The molecule has 10 atom stereocenters. The minimum Gasteiger partial charge on any atom is -0.520 e. The smallest absolute Gasteiger partial charge is 0.292 e. The molecule has 0 radical (unpaired) electrons. The van der Waals surface area contributed by atoms with Crippen molar-refractivity contribution in [3.63, 3.8) is 0 Å². The topological polar surface area (TPSA) is 54.0 Å². The quantitative estimate of drug-likeness (QED) is 0.156. The van der Waals surface area contributed by atoms with Crippen molar-refractivity contribution < 1.29 is 22.5 Å². The van der Waals surface area contributed by atoms with E-state index in [9.17, 15) is 4.79 Å². The van der Waals surface area contributed by atoms with Crippen LogP contribution in [0, 0.1) is 40.4 Å². The Labute approximate surface area is 308 Å². The van der Waals surface area contributed by atoms with Crippen LogP contribution in [0.2, 0.25) is 76.6 Å². The van der Waals surface area contributed by atoms with E-state index in [4.69, 9.17) is 17.7 Å². The monoisotopic (exact) mass is 753 g/mol. The Hall–Kier alpha value is 0.218. The zero-order chi connectivity index (χ0) is 36.8. The average Bonchev–Trinajstić information content (AvgIpc) is 3.38. The van der Waals surface area contributed by atoms with Crippen LogP contribution in [0.25, 0.3) is 0 Å². The van der Waals surface area contributed by atoms with Gasteiger partial charge in [0.1, 0.15) is 0 Å². The van der Waals surface area contributed by atoms with E-state index in [-0.39, 0.29) is 28.5 Å². The van der Waals surface area contributed by atoms with Gasteiger partial charge in [0.25, 0.3) is 5.97 Å². The van der Waals surface area contributed by atoms with Crippen molar-refractivity contribution in [2.45, 2.75) is 207 Å². The third kappa shape index (κ3) is 8.63. The normalized spacial score (nSPS) is 37.6. The van der Waals surface area contributed by atoms with Crippen molar-refractivity contribution in [3.05, 3.63) is 0 Å². The van der Waals surface area contributed by atoms with Crippen LogP contribution >= 0.6 is 0 Å². The lowest BCUT2D eigenvalue weighted by Crippen LogP contribution is -2.68. The Bertz CT molecular complexity index is 1140. The summed E-state index contributed by atoms with van der Waals surface area (Å²) < 4.78 is 28.3. The summed E-state index contributed by atoms with van der Waals surface area (Å²) in [7, 11) is -7.27. The van der Waals surface area contributed by atoms with Crippen LogP contribution in [0.5, 0.6) is 0 Å². The van der Waals surface area contributed by atoms with Crippen LogP contribution in [0.3, 0.4) is 0 Å². The van der Waals surface area contributed by atoms with E-state index in [1.54, 1.807) is 0 Å². The van der Waals surface area contributed by atoms with Crippen molar-refractivity contribution in [1.82, 2.24) is 0 Å². The van der Waals surface area contributed by atoms with E-state index in [1.165, 1.54) is 51.0 Å². The molecule has 286 valence electrons. The molecule has 0 amide bonds. The summed E-state index contributed by atoms with van der Waals surface area (Å²) in [6.45, 7) is 35.9. The summed E-state index contributed by atoms with van der Waals surface area (Å²) in [4.78, 5) is 13.0. The van der Waals surface area contributed by atoms with Crippen molar-refractivity contribution in [1.29, 1.82) is 0 Å².